The Morgan fingerprint density at radius 3 is 2.45 bits per heavy atom. The Hall–Kier alpha value is -0.120. The van der Waals surface area contributed by atoms with Gasteiger partial charge in [-0.2, -0.15) is 0 Å². The molecule has 1 aliphatic rings. The standard InChI is InChI=1S/C17H36N2O/c1-5-12-18-16-10-8-9-11-17(16)19(13-14-20-4)15(6-2)7-3/h15-18H,5-14H2,1-4H3. The van der Waals surface area contributed by atoms with E-state index in [9.17, 15) is 0 Å². The highest BCUT2D eigenvalue weighted by Gasteiger charge is 2.32. The zero-order chi connectivity index (χ0) is 14.8. The SMILES string of the molecule is CCCNC1CCCCC1N(CCOC)C(CC)CC. The van der Waals surface area contributed by atoms with Crippen LogP contribution >= 0.6 is 0 Å². The molecule has 0 bridgehead atoms. The van der Waals surface area contributed by atoms with Gasteiger partial charge in [-0.25, -0.2) is 0 Å². The van der Waals surface area contributed by atoms with Crippen LogP contribution in [0.3, 0.4) is 0 Å². The molecule has 3 nitrogen and oxygen atoms in total. The highest BCUT2D eigenvalue weighted by Crippen LogP contribution is 2.26. The van der Waals surface area contributed by atoms with Crippen LogP contribution in [0.25, 0.3) is 0 Å². The molecule has 0 aliphatic heterocycles. The molecule has 0 amide bonds. The van der Waals surface area contributed by atoms with Crippen LogP contribution < -0.4 is 5.32 Å². The predicted molar refractivity (Wildman–Crippen MR) is 87.3 cm³/mol. The Balaban J connectivity index is 2.72. The molecule has 2 unspecified atom stereocenters. The van der Waals surface area contributed by atoms with Crippen LogP contribution in [0.15, 0.2) is 0 Å². The second-order valence-electron chi connectivity index (χ2n) is 6.11. The Bertz CT molecular complexity index is 231. The molecule has 0 radical (unpaired) electrons. The van der Waals surface area contributed by atoms with E-state index in [4.69, 9.17) is 4.74 Å². The summed E-state index contributed by atoms with van der Waals surface area (Å²) in [5, 5.41) is 3.80. The van der Waals surface area contributed by atoms with E-state index in [1.807, 2.05) is 7.11 Å². The molecule has 0 aromatic heterocycles. The molecular formula is C17H36N2O. The lowest BCUT2D eigenvalue weighted by atomic mass is 9.87. The molecule has 2 atom stereocenters. The summed E-state index contributed by atoms with van der Waals surface area (Å²) in [6.45, 7) is 10.00. The third kappa shape index (κ3) is 5.34. The fraction of sp³-hybridized carbons (Fsp3) is 1.00. The summed E-state index contributed by atoms with van der Waals surface area (Å²) in [5.41, 5.74) is 0. The first-order chi connectivity index (χ1) is 9.78. The van der Waals surface area contributed by atoms with Crippen molar-refractivity contribution in [2.45, 2.75) is 83.8 Å². The van der Waals surface area contributed by atoms with E-state index in [1.165, 1.54) is 44.9 Å². The average Bonchev–Trinajstić information content (AvgIpc) is 2.50. The van der Waals surface area contributed by atoms with Gasteiger partial charge in [-0.15, -0.1) is 0 Å². The first-order valence-electron chi connectivity index (χ1n) is 8.76. The summed E-state index contributed by atoms with van der Waals surface area (Å²) in [7, 11) is 1.82. The fourth-order valence-electron chi connectivity index (χ4n) is 3.65. The molecule has 1 saturated carbocycles. The number of hydrogen-bond acceptors (Lipinski definition) is 3. The van der Waals surface area contributed by atoms with Gasteiger partial charge in [-0.05, 0) is 38.6 Å². The monoisotopic (exact) mass is 284 g/mol. The quantitative estimate of drug-likeness (QED) is 0.665. The summed E-state index contributed by atoms with van der Waals surface area (Å²) in [5.74, 6) is 0. The second kappa shape index (κ2) is 10.6. The zero-order valence-electron chi connectivity index (χ0n) is 14.2. The second-order valence-corrected chi connectivity index (χ2v) is 6.11. The summed E-state index contributed by atoms with van der Waals surface area (Å²) in [4.78, 5) is 2.75. The molecule has 120 valence electrons. The van der Waals surface area contributed by atoms with Crippen LogP contribution in [0, 0.1) is 0 Å². The molecule has 0 aromatic rings. The molecule has 1 N–H and O–H groups in total. The Labute approximate surface area is 126 Å². The van der Waals surface area contributed by atoms with Crippen molar-refractivity contribution in [1.29, 1.82) is 0 Å². The van der Waals surface area contributed by atoms with Crippen molar-refractivity contribution in [2.75, 3.05) is 26.8 Å². The van der Waals surface area contributed by atoms with Crippen LogP contribution in [0.2, 0.25) is 0 Å². The molecule has 1 aliphatic carbocycles. The van der Waals surface area contributed by atoms with E-state index in [2.05, 4.69) is 31.0 Å². The maximum Gasteiger partial charge on any atom is 0.0589 e. The van der Waals surface area contributed by atoms with Gasteiger partial charge in [0.2, 0.25) is 0 Å². The van der Waals surface area contributed by atoms with Crippen molar-refractivity contribution in [3.63, 3.8) is 0 Å². The third-order valence-electron chi connectivity index (χ3n) is 4.78. The maximum atomic E-state index is 5.36. The van der Waals surface area contributed by atoms with Crippen molar-refractivity contribution in [3.8, 4) is 0 Å². The minimum absolute atomic E-state index is 0.682. The van der Waals surface area contributed by atoms with E-state index in [1.54, 1.807) is 0 Å². The van der Waals surface area contributed by atoms with Crippen molar-refractivity contribution in [1.82, 2.24) is 10.2 Å². The van der Waals surface area contributed by atoms with Crippen LogP contribution in [0.5, 0.6) is 0 Å². The molecule has 0 aromatic carbocycles. The number of nitrogens with one attached hydrogen (secondary N) is 1. The van der Waals surface area contributed by atoms with Crippen LogP contribution in [0.1, 0.15) is 65.7 Å². The molecule has 0 heterocycles. The van der Waals surface area contributed by atoms with Crippen molar-refractivity contribution in [2.24, 2.45) is 0 Å². The van der Waals surface area contributed by atoms with Gasteiger partial charge < -0.3 is 10.1 Å². The lowest BCUT2D eigenvalue weighted by molar-refractivity contribution is 0.0462. The molecule has 0 spiro atoms. The maximum absolute atomic E-state index is 5.36. The van der Waals surface area contributed by atoms with Crippen LogP contribution in [0.4, 0.5) is 0 Å². The van der Waals surface area contributed by atoms with Gasteiger partial charge in [-0.1, -0.05) is 33.6 Å². The molecule has 0 saturated heterocycles. The van der Waals surface area contributed by atoms with E-state index < -0.39 is 0 Å². The fourth-order valence-corrected chi connectivity index (χ4v) is 3.65. The van der Waals surface area contributed by atoms with Gasteiger partial charge in [0.1, 0.15) is 0 Å². The summed E-state index contributed by atoms with van der Waals surface area (Å²) in [6, 6.07) is 2.09. The number of ether oxygens (including phenoxy) is 1. The molecular weight excluding hydrogens is 248 g/mol. The van der Waals surface area contributed by atoms with Crippen molar-refractivity contribution < 1.29 is 4.74 Å². The van der Waals surface area contributed by atoms with Gasteiger partial charge in [0, 0.05) is 31.8 Å². The first kappa shape index (κ1) is 17.9. The van der Waals surface area contributed by atoms with Gasteiger partial charge in [0.25, 0.3) is 0 Å². The van der Waals surface area contributed by atoms with Crippen LogP contribution in [-0.2, 0) is 4.74 Å². The van der Waals surface area contributed by atoms with E-state index >= 15 is 0 Å². The van der Waals surface area contributed by atoms with Gasteiger partial charge >= 0.3 is 0 Å². The molecule has 1 fully saturated rings. The molecule has 3 heteroatoms. The van der Waals surface area contributed by atoms with Gasteiger partial charge in [-0.3, -0.25) is 4.90 Å². The van der Waals surface area contributed by atoms with E-state index in [-0.39, 0.29) is 0 Å². The van der Waals surface area contributed by atoms with Crippen molar-refractivity contribution >= 4 is 0 Å². The average molecular weight is 284 g/mol. The number of rotatable bonds is 10. The highest BCUT2D eigenvalue weighted by molar-refractivity contribution is 4.90. The normalized spacial score (nSPS) is 23.7. The summed E-state index contributed by atoms with van der Waals surface area (Å²) >= 11 is 0. The lowest BCUT2D eigenvalue weighted by Gasteiger charge is -2.44. The van der Waals surface area contributed by atoms with Gasteiger partial charge in [0.05, 0.1) is 6.61 Å². The zero-order valence-corrected chi connectivity index (χ0v) is 14.2. The summed E-state index contributed by atoms with van der Waals surface area (Å²) < 4.78 is 5.36. The minimum atomic E-state index is 0.682. The number of methoxy groups -OCH3 is 1. The van der Waals surface area contributed by atoms with E-state index in [0.717, 1.165) is 19.7 Å². The Morgan fingerprint density at radius 1 is 1.15 bits per heavy atom. The van der Waals surface area contributed by atoms with E-state index in [0.29, 0.717) is 18.1 Å². The van der Waals surface area contributed by atoms with Crippen LogP contribution in [-0.4, -0.2) is 49.8 Å². The number of hydrogen-bond donors (Lipinski definition) is 1. The smallest absolute Gasteiger partial charge is 0.0589 e. The largest absolute Gasteiger partial charge is 0.383 e. The highest BCUT2D eigenvalue weighted by atomic mass is 16.5. The summed E-state index contributed by atoms with van der Waals surface area (Å²) in [6.07, 6.45) is 9.19. The minimum Gasteiger partial charge on any atom is -0.383 e. The van der Waals surface area contributed by atoms with Gasteiger partial charge in [0.15, 0.2) is 0 Å². The predicted octanol–water partition coefficient (Wildman–Crippen LogP) is 3.43. The van der Waals surface area contributed by atoms with Crippen molar-refractivity contribution in [3.05, 3.63) is 0 Å². The Morgan fingerprint density at radius 2 is 1.85 bits per heavy atom. The Kier molecular flexibility index (Phi) is 9.49. The molecule has 1 rings (SSSR count). The topological polar surface area (TPSA) is 24.5 Å². The lowest BCUT2D eigenvalue weighted by Crippen LogP contribution is -2.55. The first-order valence-corrected chi connectivity index (χ1v) is 8.76. The molecule has 20 heavy (non-hydrogen) atoms. The third-order valence-corrected chi connectivity index (χ3v) is 4.78. The number of nitrogens with zero attached hydrogens (tertiary/aromatic N) is 1.